The minimum Gasteiger partial charge on any atom is -0.462 e. The van der Waals surface area contributed by atoms with Crippen molar-refractivity contribution in [3.8, 4) is 0 Å². The molecular weight excluding hydrogens is 522 g/mol. The van der Waals surface area contributed by atoms with Gasteiger partial charge >= 0.3 is 11.9 Å². The fourth-order valence-electron chi connectivity index (χ4n) is 2.60. The van der Waals surface area contributed by atoms with Crippen LogP contribution >= 0.6 is 57.7 Å². The number of nitrogens with one attached hydrogen (secondary N) is 2. The normalized spacial score (nSPS) is 12.1. The van der Waals surface area contributed by atoms with Gasteiger partial charge in [-0.1, -0.05) is 46.4 Å². The average molecular weight is 542 g/mol. The van der Waals surface area contributed by atoms with E-state index in [1.165, 1.54) is 12.1 Å². The zero-order chi connectivity index (χ0) is 24.1. The molecule has 0 unspecified atom stereocenters. The van der Waals surface area contributed by atoms with Crippen molar-refractivity contribution in [2.45, 2.75) is 30.7 Å². The predicted octanol–water partition coefficient (Wildman–Crippen LogP) is 5.60. The van der Waals surface area contributed by atoms with E-state index in [1.807, 2.05) is 0 Å². The summed E-state index contributed by atoms with van der Waals surface area (Å²) in [6.07, 6.45) is -1.27. The van der Waals surface area contributed by atoms with E-state index >= 15 is 0 Å². The lowest BCUT2D eigenvalue weighted by atomic mass is 10.1. The van der Waals surface area contributed by atoms with Crippen molar-refractivity contribution in [3.05, 3.63) is 50.9 Å². The van der Waals surface area contributed by atoms with Crippen LogP contribution in [0.4, 0.5) is 5.00 Å². The van der Waals surface area contributed by atoms with E-state index in [-0.39, 0.29) is 34.2 Å². The Balaban J connectivity index is 2.42. The molecule has 174 valence electrons. The molecule has 1 aromatic carbocycles. The van der Waals surface area contributed by atoms with Crippen LogP contribution in [0.5, 0.6) is 0 Å². The maximum atomic E-state index is 12.7. The van der Waals surface area contributed by atoms with Crippen LogP contribution in [0, 0.1) is 6.92 Å². The first-order chi connectivity index (χ1) is 15.0. The second-order valence-electron chi connectivity index (χ2n) is 6.30. The Bertz CT molecular complexity index is 989. The molecule has 1 amide bonds. The molecule has 2 aromatic rings. The number of hydrogen-bond donors (Lipinski definition) is 2. The third kappa shape index (κ3) is 6.65. The van der Waals surface area contributed by atoms with Gasteiger partial charge in [0, 0.05) is 10.6 Å². The Kier molecular flexibility index (Phi) is 9.48. The van der Waals surface area contributed by atoms with E-state index in [0.29, 0.717) is 10.6 Å². The van der Waals surface area contributed by atoms with Crippen molar-refractivity contribution in [1.82, 2.24) is 5.32 Å². The number of alkyl halides is 3. The van der Waals surface area contributed by atoms with Gasteiger partial charge in [0.1, 0.15) is 16.0 Å². The van der Waals surface area contributed by atoms with Gasteiger partial charge in [0.2, 0.25) is 3.79 Å². The van der Waals surface area contributed by atoms with E-state index in [1.54, 1.807) is 32.9 Å². The topological polar surface area (TPSA) is 93.7 Å². The highest BCUT2D eigenvalue weighted by molar-refractivity contribution is 7.18. The first kappa shape index (κ1) is 26.5. The summed E-state index contributed by atoms with van der Waals surface area (Å²) in [7, 11) is 0. The molecule has 1 atom stereocenters. The van der Waals surface area contributed by atoms with Gasteiger partial charge in [0.15, 0.2) is 0 Å². The lowest BCUT2D eigenvalue weighted by Crippen LogP contribution is -2.49. The minimum atomic E-state index is -2.02. The van der Waals surface area contributed by atoms with E-state index in [2.05, 4.69) is 10.6 Å². The van der Waals surface area contributed by atoms with Crippen LogP contribution in [0.3, 0.4) is 0 Å². The van der Waals surface area contributed by atoms with Crippen LogP contribution in [0.15, 0.2) is 24.3 Å². The van der Waals surface area contributed by atoms with E-state index in [9.17, 15) is 14.4 Å². The van der Waals surface area contributed by atoms with Gasteiger partial charge in [-0.3, -0.25) is 4.79 Å². The minimum absolute atomic E-state index is 0.0832. The number of ether oxygens (including phenoxy) is 2. The van der Waals surface area contributed by atoms with Crippen LogP contribution in [0.2, 0.25) is 5.02 Å². The number of benzene rings is 1. The molecule has 0 radical (unpaired) electrons. The quantitative estimate of drug-likeness (QED) is 0.256. The third-order valence-corrected chi connectivity index (χ3v) is 6.18. The van der Waals surface area contributed by atoms with Crippen LogP contribution in [0.1, 0.15) is 49.8 Å². The number of anilines is 1. The lowest BCUT2D eigenvalue weighted by molar-refractivity contribution is 0.0527. The summed E-state index contributed by atoms with van der Waals surface area (Å²) < 4.78 is 8.14. The van der Waals surface area contributed by atoms with E-state index in [0.717, 1.165) is 11.3 Å². The molecule has 1 heterocycles. The summed E-state index contributed by atoms with van der Waals surface area (Å²) in [5.74, 6) is -1.84. The molecule has 0 saturated heterocycles. The number of hydrogen-bond acceptors (Lipinski definition) is 7. The summed E-state index contributed by atoms with van der Waals surface area (Å²) in [5, 5.41) is 6.06. The van der Waals surface area contributed by atoms with Crippen molar-refractivity contribution >= 4 is 80.6 Å². The molecule has 0 saturated carbocycles. The molecule has 12 heteroatoms. The predicted molar refractivity (Wildman–Crippen MR) is 128 cm³/mol. The maximum Gasteiger partial charge on any atom is 0.348 e. The first-order valence-corrected chi connectivity index (χ1v) is 11.7. The number of carbonyl (C=O) groups excluding carboxylic acids is 3. The fraction of sp³-hybridized carbons (Fsp3) is 0.350. The summed E-state index contributed by atoms with van der Waals surface area (Å²) in [6, 6.07) is 6.10. The van der Waals surface area contributed by atoms with Crippen molar-refractivity contribution in [2.75, 3.05) is 18.5 Å². The van der Waals surface area contributed by atoms with E-state index < -0.39 is 27.8 Å². The molecule has 0 spiro atoms. The van der Waals surface area contributed by atoms with Gasteiger partial charge < -0.3 is 20.1 Å². The monoisotopic (exact) mass is 540 g/mol. The Morgan fingerprint density at radius 2 is 1.59 bits per heavy atom. The number of amides is 1. The summed E-state index contributed by atoms with van der Waals surface area (Å²) >= 11 is 25.0. The molecule has 0 bridgehead atoms. The maximum absolute atomic E-state index is 12.7. The molecule has 2 N–H and O–H groups in total. The van der Waals surface area contributed by atoms with Crippen molar-refractivity contribution < 1.29 is 23.9 Å². The Labute approximate surface area is 209 Å². The number of carbonyl (C=O) groups is 3. The summed E-state index contributed by atoms with van der Waals surface area (Å²) in [6.45, 7) is 5.16. The van der Waals surface area contributed by atoms with Crippen LogP contribution in [0.25, 0.3) is 0 Å². The highest BCUT2D eigenvalue weighted by Gasteiger charge is 2.37. The highest BCUT2D eigenvalue weighted by atomic mass is 35.6. The van der Waals surface area contributed by atoms with Gasteiger partial charge in [-0.15, -0.1) is 11.3 Å². The zero-order valence-electron chi connectivity index (χ0n) is 17.3. The summed E-state index contributed by atoms with van der Waals surface area (Å²) in [4.78, 5) is 37.8. The smallest absolute Gasteiger partial charge is 0.348 e. The van der Waals surface area contributed by atoms with Crippen molar-refractivity contribution in [3.63, 3.8) is 0 Å². The second kappa shape index (κ2) is 11.4. The van der Waals surface area contributed by atoms with Gasteiger partial charge in [-0.05, 0) is 50.6 Å². The van der Waals surface area contributed by atoms with Crippen LogP contribution in [-0.2, 0) is 9.47 Å². The second-order valence-corrected chi connectivity index (χ2v) is 10.1. The SMILES string of the molecule is CCOC(=O)c1sc(N[C@H](NC(=O)c2ccc(Cl)cc2)C(Cl)(Cl)Cl)c(C(=O)OCC)c1C. The number of thiophene rings is 1. The number of halogens is 4. The molecule has 0 aliphatic heterocycles. The highest BCUT2D eigenvalue weighted by Crippen LogP contribution is 2.38. The van der Waals surface area contributed by atoms with Gasteiger partial charge in [-0.2, -0.15) is 0 Å². The average Bonchev–Trinajstić information content (AvgIpc) is 3.03. The molecule has 0 aliphatic carbocycles. The molecular formula is C20H20Cl4N2O5S. The fourth-order valence-corrected chi connectivity index (χ4v) is 4.17. The molecule has 7 nitrogen and oxygen atoms in total. The largest absolute Gasteiger partial charge is 0.462 e. The molecule has 32 heavy (non-hydrogen) atoms. The van der Waals surface area contributed by atoms with Gasteiger partial charge in [0.05, 0.1) is 18.8 Å². The van der Waals surface area contributed by atoms with Crippen molar-refractivity contribution in [1.29, 1.82) is 0 Å². The van der Waals surface area contributed by atoms with Gasteiger partial charge in [-0.25, -0.2) is 9.59 Å². The standard InChI is InChI=1S/C20H20Cl4N2O5S/c1-4-30-17(28)13-10(3)14(18(29)31-5-2)32-16(13)26-19(20(22,23)24)25-15(27)11-6-8-12(21)9-7-11/h6-9,19,26H,4-5H2,1-3H3,(H,25,27)/t19-/m0/s1. The van der Waals surface area contributed by atoms with Crippen LogP contribution in [-0.4, -0.2) is 41.0 Å². The lowest BCUT2D eigenvalue weighted by Gasteiger charge is -2.27. The third-order valence-electron chi connectivity index (χ3n) is 4.07. The first-order valence-electron chi connectivity index (χ1n) is 9.36. The Hall–Kier alpha value is -1.71. The summed E-state index contributed by atoms with van der Waals surface area (Å²) in [5.41, 5.74) is 0.706. The number of esters is 2. The molecule has 0 fully saturated rings. The molecule has 1 aromatic heterocycles. The molecule has 0 aliphatic rings. The Morgan fingerprint density at radius 1 is 1.03 bits per heavy atom. The van der Waals surface area contributed by atoms with Crippen LogP contribution < -0.4 is 10.6 Å². The van der Waals surface area contributed by atoms with E-state index in [4.69, 9.17) is 55.9 Å². The van der Waals surface area contributed by atoms with Gasteiger partial charge in [0.25, 0.3) is 5.91 Å². The Morgan fingerprint density at radius 3 is 2.12 bits per heavy atom. The zero-order valence-corrected chi connectivity index (χ0v) is 21.1. The molecule has 2 rings (SSSR count). The van der Waals surface area contributed by atoms with Crippen molar-refractivity contribution in [2.24, 2.45) is 0 Å². The number of rotatable bonds is 8.